The molecule has 1 aliphatic rings. The Morgan fingerprint density at radius 3 is 2.55 bits per heavy atom. The van der Waals surface area contributed by atoms with Crippen LogP contribution in [0, 0.1) is 11.6 Å². The molecule has 14 heteroatoms. The molecule has 0 radical (unpaired) electrons. The molecule has 1 heterocycles. The lowest BCUT2D eigenvalue weighted by molar-refractivity contribution is 0.0282. The Morgan fingerprint density at radius 1 is 1.11 bits per heavy atom. The summed E-state index contributed by atoms with van der Waals surface area (Å²) in [6, 6.07) is 10.3. The number of unbranched alkanes of at least 4 members (excludes halogenated alkanes) is 2. The van der Waals surface area contributed by atoms with Gasteiger partial charge in [-0.1, -0.05) is 36.4 Å². The number of rotatable bonds is 11. The first-order valence-electron chi connectivity index (χ1n) is 11.7. The van der Waals surface area contributed by atoms with E-state index in [0.717, 1.165) is 22.1 Å². The average Bonchev–Trinajstić information content (AvgIpc) is 2.87. The highest BCUT2D eigenvalue weighted by Gasteiger charge is 2.31. The maximum Gasteiger partial charge on any atom is 0.469 e. The largest absolute Gasteiger partial charge is 0.469 e. The minimum atomic E-state index is -4.56. The van der Waals surface area contributed by atoms with Gasteiger partial charge in [-0.05, 0) is 42.5 Å². The van der Waals surface area contributed by atoms with E-state index in [-0.39, 0.29) is 37.6 Å². The number of nitrogens with one attached hydrogen (secondary N) is 1. The van der Waals surface area contributed by atoms with Crippen LogP contribution >= 0.6 is 7.82 Å². The van der Waals surface area contributed by atoms with Gasteiger partial charge in [-0.15, -0.1) is 0 Å². The molecule has 0 saturated heterocycles. The van der Waals surface area contributed by atoms with E-state index in [2.05, 4.69) is 9.84 Å². The zero-order valence-electron chi connectivity index (χ0n) is 20.6. The van der Waals surface area contributed by atoms with Gasteiger partial charge in [0.2, 0.25) is 0 Å². The Bertz CT molecular complexity index is 1240. The summed E-state index contributed by atoms with van der Waals surface area (Å²) in [6.07, 6.45) is 1.48. The molecule has 0 saturated carbocycles. The van der Waals surface area contributed by atoms with Crippen molar-refractivity contribution < 1.29 is 42.4 Å². The highest BCUT2D eigenvalue weighted by molar-refractivity contribution is 7.46. The number of carbonyl (C=O) groups excluding carboxylic acids is 1. The molecule has 0 atom stereocenters. The third-order valence-corrected chi connectivity index (χ3v) is 6.35. The number of hydrazine groups is 1. The second-order valence-electron chi connectivity index (χ2n) is 8.47. The maximum absolute atomic E-state index is 14.0. The number of phosphoric ester groups is 1. The van der Waals surface area contributed by atoms with E-state index in [4.69, 9.17) is 9.79 Å². The molecule has 0 aromatic heterocycles. The minimum Gasteiger partial charge on any atom is -0.465 e. The average molecular weight is 554 g/mol. The van der Waals surface area contributed by atoms with Crippen molar-refractivity contribution in [3.63, 3.8) is 0 Å². The molecule has 0 aliphatic carbocycles. The van der Waals surface area contributed by atoms with Crippen molar-refractivity contribution in [2.45, 2.75) is 32.4 Å². The highest BCUT2D eigenvalue weighted by Crippen LogP contribution is 2.35. The number of halogens is 2. The van der Waals surface area contributed by atoms with E-state index in [1.54, 1.807) is 12.1 Å². The van der Waals surface area contributed by atoms with Crippen molar-refractivity contribution in [2.24, 2.45) is 0 Å². The molecular formula is C24H29F2N4O7P. The van der Waals surface area contributed by atoms with E-state index in [0.29, 0.717) is 19.3 Å². The highest BCUT2D eigenvalue weighted by atomic mass is 31.2. The number of urea groups is 1. The second kappa shape index (κ2) is 12.8. The quantitative estimate of drug-likeness (QED) is 0.240. The molecule has 1 aliphatic heterocycles. The molecule has 0 unspecified atom stereocenters. The van der Waals surface area contributed by atoms with Gasteiger partial charge >= 0.3 is 19.9 Å². The zero-order valence-corrected chi connectivity index (χ0v) is 21.5. The first-order valence-corrected chi connectivity index (χ1v) is 13.2. The number of nitrogens with zero attached hydrogens (tertiary/aromatic N) is 3. The van der Waals surface area contributed by atoms with Crippen LogP contribution in [-0.2, 0) is 22.2 Å². The van der Waals surface area contributed by atoms with Crippen molar-refractivity contribution in [1.29, 1.82) is 0 Å². The van der Waals surface area contributed by atoms with Gasteiger partial charge in [0.15, 0.2) is 11.6 Å². The fourth-order valence-corrected chi connectivity index (χ4v) is 4.24. The van der Waals surface area contributed by atoms with E-state index < -0.39 is 31.6 Å². The Morgan fingerprint density at radius 2 is 1.84 bits per heavy atom. The van der Waals surface area contributed by atoms with Crippen molar-refractivity contribution in [3.8, 4) is 0 Å². The van der Waals surface area contributed by atoms with Gasteiger partial charge in [0.25, 0.3) is 0 Å². The third-order valence-electron chi connectivity index (χ3n) is 5.83. The predicted octanol–water partition coefficient (Wildman–Crippen LogP) is 4.10. The number of fused-ring (bicyclic) bond motifs is 1. The van der Waals surface area contributed by atoms with Gasteiger partial charge in [-0.2, -0.15) is 0 Å². The smallest absolute Gasteiger partial charge is 0.465 e. The van der Waals surface area contributed by atoms with E-state index in [1.165, 1.54) is 29.2 Å². The summed E-state index contributed by atoms with van der Waals surface area (Å²) in [4.78, 5) is 43.8. The molecule has 0 bridgehead atoms. The maximum atomic E-state index is 14.0. The van der Waals surface area contributed by atoms with E-state index in [9.17, 15) is 28.0 Å². The number of carboxylic acid groups (broad SMARTS) is 1. The van der Waals surface area contributed by atoms with Crippen LogP contribution in [0.3, 0.4) is 0 Å². The first-order chi connectivity index (χ1) is 18.0. The normalized spacial score (nSPS) is 13.0. The molecule has 206 valence electrons. The lowest BCUT2D eigenvalue weighted by Gasteiger charge is -2.41. The van der Waals surface area contributed by atoms with Crippen LogP contribution in [0.2, 0.25) is 0 Å². The summed E-state index contributed by atoms with van der Waals surface area (Å²) in [5, 5.41) is 15.1. The van der Waals surface area contributed by atoms with Crippen molar-refractivity contribution in [1.82, 2.24) is 20.2 Å². The molecule has 2 aromatic carbocycles. The van der Waals surface area contributed by atoms with Crippen LogP contribution < -0.4 is 5.32 Å². The fourth-order valence-electron chi connectivity index (χ4n) is 3.87. The Hall–Kier alpha value is -3.51. The van der Waals surface area contributed by atoms with Gasteiger partial charge in [0.1, 0.15) is 5.82 Å². The van der Waals surface area contributed by atoms with Gasteiger partial charge in [0.05, 0.1) is 13.2 Å². The second-order valence-corrected chi connectivity index (χ2v) is 9.71. The van der Waals surface area contributed by atoms with Gasteiger partial charge < -0.3 is 20.2 Å². The summed E-state index contributed by atoms with van der Waals surface area (Å²) in [6.45, 7) is -0.246. The lowest BCUT2D eigenvalue weighted by atomic mass is 10.0. The standard InChI is InChI=1S/C24H29F2N4O7P/c1-28(23(31)27-15-18-10-7-11-20(25)22(18)26)30-16-19-9-4-3-8-17(19)14-21(30)29(24(32)33)12-5-2-6-13-37-38(34,35)36/h3-4,7-11,14H,2,5-6,12-13,15-16H2,1H3,(H,27,31)(H,32,33)(H2,34,35,36). The molecule has 3 amide bonds. The Balaban J connectivity index is 1.74. The van der Waals surface area contributed by atoms with Crippen molar-refractivity contribution >= 4 is 26.0 Å². The number of amides is 3. The number of hydrogen-bond donors (Lipinski definition) is 4. The monoisotopic (exact) mass is 554 g/mol. The summed E-state index contributed by atoms with van der Waals surface area (Å²) in [5.74, 6) is -1.89. The molecule has 11 nitrogen and oxygen atoms in total. The van der Waals surface area contributed by atoms with Gasteiger partial charge in [-0.25, -0.2) is 27.9 Å². The topological polar surface area (TPSA) is 143 Å². The molecule has 2 aromatic rings. The van der Waals surface area contributed by atoms with Crippen LogP contribution in [0.1, 0.15) is 36.0 Å². The van der Waals surface area contributed by atoms with Crippen LogP contribution in [0.25, 0.3) is 6.08 Å². The molecule has 4 N–H and O–H groups in total. The van der Waals surface area contributed by atoms with Crippen molar-refractivity contribution in [2.75, 3.05) is 20.2 Å². The Kier molecular flexibility index (Phi) is 9.81. The van der Waals surface area contributed by atoms with Crippen LogP contribution in [0.15, 0.2) is 48.3 Å². The molecule has 38 heavy (non-hydrogen) atoms. The number of carbonyl (C=O) groups is 2. The van der Waals surface area contributed by atoms with E-state index in [1.807, 2.05) is 18.2 Å². The number of phosphoric acid groups is 1. The summed E-state index contributed by atoms with van der Waals surface area (Å²) in [5.41, 5.74) is 1.57. The predicted molar refractivity (Wildman–Crippen MR) is 133 cm³/mol. The minimum absolute atomic E-state index is 0.0404. The molecule has 0 fully saturated rings. The molecule has 0 spiro atoms. The lowest BCUT2D eigenvalue weighted by Crippen LogP contribution is -2.52. The van der Waals surface area contributed by atoms with Gasteiger partial charge in [-0.3, -0.25) is 14.4 Å². The SMILES string of the molecule is CN(C(=O)NCc1cccc(F)c1F)N1Cc2ccccc2C=C1N(CCCCCOP(=O)(O)O)C(=O)O. The van der Waals surface area contributed by atoms with Gasteiger partial charge in [0, 0.05) is 25.7 Å². The third kappa shape index (κ3) is 7.75. The number of hydrogen-bond acceptors (Lipinski definition) is 5. The first kappa shape index (κ1) is 29.1. The Labute approximate surface area is 218 Å². The summed E-state index contributed by atoms with van der Waals surface area (Å²) < 4.78 is 42.7. The molecule has 3 rings (SSSR count). The van der Waals surface area contributed by atoms with Crippen LogP contribution in [0.5, 0.6) is 0 Å². The summed E-state index contributed by atoms with van der Waals surface area (Å²) in [7, 11) is -3.14. The van der Waals surface area contributed by atoms with Crippen LogP contribution in [0.4, 0.5) is 18.4 Å². The van der Waals surface area contributed by atoms with Crippen molar-refractivity contribution in [3.05, 3.63) is 76.6 Å². The summed E-state index contributed by atoms with van der Waals surface area (Å²) >= 11 is 0. The van der Waals surface area contributed by atoms with E-state index >= 15 is 0 Å². The number of benzene rings is 2. The molecular weight excluding hydrogens is 525 g/mol. The van der Waals surface area contributed by atoms with Crippen LogP contribution in [-0.4, -0.2) is 62.1 Å². The zero-order chi connectivity index (χ0) is 27.9. The fraction of sp³-hybridized carbons (Fsp3) is 0.333.